The number of nitrogens with one attached hydrogen (secondary N) is 1. The zero-order valence-corrected chi connectivity index (χ0v) is 14.8. The van der Waals surface area contributed by atoms with Crippen LogP contribution in [0, 0.1) is 6.92 Å². The number of hydrazone groups is 1. The lowest BCUT2D eigenvalue weighted by atomic mass is 10.2. The van der Waals surface area contributed by atoms with Gasteiger partial charge in [0.25, 0.3) is 0 Å². The van der Waals surface area contributed by atoms with E-state index in [1.807, 2.05) is 37.3 Å². The summed E-state index contributed by atoms with van der Waals surface area (Å²) in [6.45, 7) is 2.43. The first kappa shape index (κ1) is 17.7. The molecule has 0 fully saturated rings. The third-order valence-corrected chi connectivity index (χ3v) is 4.18. The van der Waals surface area contributed by atoms with Gasteiger partial charge in [0.2, 0.25) is 0 Å². The van der Waals surface area contributed by atoms with Gasteiger partial charge in [0.05, 0.1) is 35.3 Å². The topological polar surface area (TPSA) is 79.5 Å². The van der Waals surface area contributed by atoms with E-state index >= 15 is 0 Å². The summed E-state index contributed by atoms with van der Waals surface area (Å²) >= 11 is 6.43. The van der Waals surface area contributed by atoms with E-state index in [4.69, 9.17) is 16.7 Å². The normalized spacial score (nSPS) is 11.0. The molecule has 0 bridgehead atoms. The first-order valence-electron chi connectivity index (χ1n) is 7.94. The van der Waals surface area contributed by atoms with Crippen molar-refractivity contribution in [2.75, 3.05) is 5.43 Å². The molecule has 0 aliphatic carbocycles. The highest BCUT2D eigenvalue weighted by molar-refractivity contribution is 6.32. The molecule has 0 amide bonds. The van der Waals surface area contributed by atoms with Crippen LogP contribution in [0.5, 0.6) is 0 Å². The molecule has 0 aliphatic rings. The van der Waals surface area contributed by atoms with Crippen molar-refractivity contribution in [1.82, 2.24) is 9.78 Å². The van der Waals surface area contributed by atoms with Crippen LogP contribution in [0.4, 0.5) is 5.69 Å². The van der Waals surface area contributed by atoms with E-state index in [1.54, 1.807) is 23.0 Å². The van der Waals surface area contributed by atoms with Crippen molar-refractivity contribution in [3.8, 4) is 0 Å². The highest BCUT2D eigenvalue weighted by atomic mass is 35.5. The van der Waals surface area contributed by atoms with Gasteiger partial charge in [0.1, 0.15) is 5.15 Å². The zero-order chi connectivity index (χ0) is 18.5. The minimum atomic E-state index is -0.987. The molecule has 0 spiro atoms. The molecular formula is C19H17ClN4O2. The summed E-state index contributed by atoms with van der Waals surface area (Å²) in [7, 11) is 0. The predicted octanol–water partition coefficient (Wildman–Crippen LogP) is 4.04. The molecule has 0 saturated carbocycles. The number of benzene rings is 2. The van der Waals surface area contributed by atoms with Gasteiger partial charge < -0.3 is 5.11 Å². The molecule has 0 saturated heterocycles. The Kier molecular flexibility index (Phi) is 5.34. The summed E-state index contributed by atoms with van der Waals surface area (Å²) in [5, 5.41) is 18.1. The second-order valence-electron chi connectivity index (χ2n) is 5.69. The van der Waals surface area contributed by atoms with E-state index in [-0.39, 0.29) is 5.56 Å². The molecule has 26 heavy (non-hydrogen) atoms. The van der Waals surface area contributed by atoms with Crippen molar-refractivity contribution in [3.05, 3.63) is 82.1 Å². The van der Waals surface area contributed by atoms with Crippen LogP contribution in [-0.4, -0.2) is 27.1 Å². The van der Waals surface area contributed by atoms with E-state index in [0.717, 1.165) is 11.3 Å². The highest BCUT2D eigenvalue weighted by Gasteiger charge is 2.12. The lowest BCUT2D eigenvalue weighted by Gasteiger charge is -2.03. The van der Waals surface area contributed by atoms with Gasteiger partial charge in [-0.05, 0) is 30.7 Å². The van der Waals surface area contributed by atoms with Crippen molar-refractivity contribution in [2.24, 2.45) is 5.10 Å². The summed E-state index contributed by atoms with van der Waals surface area (Å²) < 4.78 is 1.72. The Balaban J connectivity index is 1.74. The average molecular weight is 369 g/mol. The molecule has 0 radical (unpaired) electrons. The van der Waals surface area contributed by atoms with Gasteiger partial charge in [-0.3, -0.25) is 5.43 Å². The van der Waals surface area contributed by atoms with E-state index in [2.05, 4.69) is 15.6 Å². The van der Waals surface area contributed by atoms with E-state index < -0.39 is 5.97 Å². The number of hydrogen-bond acceptors (Lipinski definition) is 4. The molecule has 3 rings (SSSR count). The molecule has 7 heteroatoms. The van der Waals surface area contributed by atoms with Gasteiger partial charge in [-0.1, -0.05) is 48.0 Å². The van der Waals surface area contributed by atoms with Crippen LogP contribution >= 0.6 is 11.6 Å². The van der Waals surface area contributed by atoms with Crippen LogP contribution in [0.3, 0.4) is 0 Å². The lowest BCUT2D eigenvalue weighted by molar-refractivity contribution is 0.0697. The SMILES string of the molecule is Cc1nn(Cc2ccccc2)c(Cl)c1/C=N/Nc1cccc(C(=O)O)c1. The second kappa shape index (κ2) is 7.84. The maximum atomic E-state index is 11.0. The first-order valence-corrected chi connectivity index (χ1v) is 8.31. The molecule has 2 N–H and O–H groups in total. The number of anilines is 1. The highest BCUT2D eigenvalue weighted by Crippen LogP contribution is 2.19. The van der Waals surface area contributed by atoms with Crippen LogP contribution in [0.2, 0.25) is 5.15 Å². The standard InChI is InChI=1S/C19H17ClN4O2/c1-13-17(11-21-22-16-9-5-8-15(10-16)19(25)26)18(20)24(23-13)12-14-6-3-2-4-7-14/h2-11,22H,12H2,1H3,(H,25,26)/b21-11+. The number of aryl methyl sites for hydroxylation is 1. The Morgan fingerprint density at radius 1 is 1.27 bits per heavy atom. The molecule has 0 unspecified atom stereocenters. The Bertz CT molecular complexity index is 951. The van der Waals surface area contributed by atoms with Crippen molar-refractivity contribution >= 4 is 29.5 Å². The number of carboxylic acid groups (broad SMARTS) is 1. The number of hydrogen-bond donors (Lipinski definition) is 2. The average Bonchev–Trinajstić information content (AvgIpc) is 2.90. The summed E-state index contributed by atoms with van der Waals surface area (Å²) in [6.07, 6.45) is 1.58. The molecule has 6 nitrogen and oxygen atoms in total. The number of carboxylic acids is 1. The van der Waals surface area contributed by atoms with Gasteiger partial charge in [0.15, 0.2) is 0 Å². The van der Waals surface area contributed by atoms with Crippen LogP contribution in [-0.2, 0) is 6.54 Å². The number of carbonyl (C=O) groups is 1. The lowest BCUT2D eigenvalue weighted by Crippen LogP contribution is -2.02. The molecule has 0 atom stereocenters. The van der Waals surface area contributed by atoms with Gasteiger partial charge >= 0.3 is 5.97 Å². The molecule has 132 valence electrons. The molecule has 2 aromatic carbocycles. The zero-order valence-electron chi connectivity index (χ0n) is 14.1. The molecule has 3 aromatic rings. The van der Waals surface area contributed by atoms with Crippen molar-refractivity contribution < 1.29 is 9.90 Å². The fourth-order valence-corrected chi connectivity index (χ4v) is 2.75. The van der Waals surface area contributed by atoms with Crippen LogP contribution in [0.15, 0.2) is 59.7 Å². The number of nitrogens with zero attached hydrogens (tertiary/aromatic N) is 3. The van der Waals surface area contributed by atoms with Gasteiger partial charge in [-0.15, -0.1) is 0 Å². The van der Waals surface area contributed by atoms with E-state index in [1.165, 1.54) is 12.1 Å². The van der Waals surface area contributed by atoms with Crippen LogP contribution < -0.4 is 5.43 Å². The van der Waals surface area contributed by atoms with Crippen molar-refractivity contribution in [1.29, 1.82) is 0 Å². The first-order chi connectivity index (χ1) is 12.5. The van der Waals surface area contributed by atoms with Crippen molar-refractivity contribution in [2.45, 2.75) is 13.5 Å². The van der Waals surface area contributed by atoms with E-state index in [9.17, 15) is 4.79 Å². The number of aromatic nitrogens is 2. The monoisotopic (exact) mass is 368 g/mol. The van der Waals surface area contributed by atoms with E-state index in [0.29, 0.717) is 22.9 Å². The minimum absolute atomic E-state index is 0.190. The Morgan fingerprint density at radius 3 is 2.77 bits per heavy atom. The molecular weight excluding hydrogens is 352 g/mol. The maximum absolute atomic E-state index is 11.0. The van der Waals surface area contributed by atoms with Gasteiger partial charge in [-0.25, -0.2) is 9.48 Å². The maximum Gasteiger partial charge on any atom is 0.335 e. The number of rotatable bonds is 6. The predicted molar refractivity (Wildman–Crippen MR) is 102 cm³/mol. The Labute approximate surface area is 155 Å². The van der Waals surface area contributed by atoms with Gasteiger partial charge in [0, 0.05) is 0 Å². The number of halogens is 1. The smallest absolute Gasteiger partial charge is 0.335 e. The minimum Gasteiger partial charge on any atom is -0.478 e. The molecule has 1 aromatic heterocycles. The van der Waals surface area contributed by atoms with Crippen LogP contribution in [0.25, 0.3) is 0 Å². The molecule has 1 heterocycles. The Morgan fingerprint density at radius 2 is 2.04 bits per heavy atom. The van der Waals surface area contributed by atoms with Crippen LogP contribution in [0.1, 0.15) is 27.2 Å². The fraction of sp³-hybridized carbons (Fsp3) is 0.105. The van der Waals surface area contributed by atoms with Gasteiger partial charge in [-0.2, -0.15) is 10.2 Å². The quantitative estimate of drug-likeness (QED) is 0.508. The summed E-state index contributed by atoms with van der Waals surface area (Å²) in [5.74, 6) is -0.987. The summed E-state index contributed by atoms with van der Waals surface area (Å²) in [6, 6.07) is 16.3. The summed E-state index contributed by atoms with van der Waals surface area (Å²) in [5.41, 5.74) is 6.15. The number of aromatic carboxylic acids is 1. The fourth-order valence-electron chi connectivity index (χ4n) is 2.47. The Hall–Kier alpha value is -3.12. The second-order valence-corrected chi connectivity index (χ2v) is 6.05. The largest absolute Gasteiger partial charge is 0.478 e. The summed E-state index contributed by atoms with van der Waals surface area (Å²) in [4.78, 5) is 11.0. The van der Waals surface area contributed by atoms with Crippen molar-refractivity contribution in [3.63, 3.8) is 0 Å². The third kappa shape index (κ3) is 4.10. The third-order valence-electron chi connectivity index (χ3n) is 3.78. The molecule has 0 aliphatic heterocycles.